The summed E-state index contributed by atoms with van der Waals surface area (Å²) in [5.74, 6) is -0.417. The Morgan fingerprint density at radius 1 is 1.12 bits per heavy atom. The molecule has 1 saturated carbocycles. The largest absolute Gasteiger partial charge is 0.467 e. The first-order valence-corrected chi connectivity index (χ1v) is 8.47. The van der Waals surface area contributed by atoms with Crippen LogP contribution in [0.5, 0.6) is 0 Å². The number of imide groups is 1. The van der Waals surface area contributed by atoms with Crippen LogP contribution in [0.25, 0.3) is 0 Å². The molecule has 6 heteroatoms. The van der Waals surface area contributed by atoms with Crippen LogP contribution in [0.2, 0.25) is 0 Å². The summed E-state index contributed by atoms with van der Waals surface area (Å²) in [6.45, 7) is 0.0863. The van der Waals surface area contributed by atoms with Gasteiger partial charge in [0, 0.05) is 11.6 Å². The minimum Gasteiger partial charge on any atom is -0.467 e. The van der Waals surface area contributed by atoms with Crippen LogP contribution in [0.4, 0.5) is 0 Å². The van der Waals surface area contributed by atoms with Crippen molar-refractivity contribution >= 4 is 17.7 Å². The van der Waals surface area contributed by atoms with Crippen LogP contribution in [0, 0.1) is 0 Å². The topological polar surface area (TPSA) is 79.6 Å². The summed E-state index contributed by atoms with van der Waals surface area (Å²) in [5, 5.41) is 3.00. The van der Waals surface area contributed by atoms with Crippen molar-refractivity contribution in [2.45, 2.75) is 38.3 Å². The molecule has 0 unspecified atom stereocenters. The van der Waals surface area contributed by atoms with Gasteiger partial charge in [-0.3, -0.25) is 19.3 Å². The van der Waals surface area contributed by atoms with Gasteiger partial charge in [0.05, 0.1) is 23.9 Å². The summed E-state index contributed by atoms with van der Waals surface area (Å²) in [7, 11) is 0. The third kappa shape index (κ3) is 2.84. The highest BCUT2D eigenvalue weighted by Crippen LogP contribution is 2.26. The Hall–Kier alpha value is -2.89. The standard InChI is InChI=1S/C19H18N2O4/c22-17(20-13-4-1-2-5-13)12-7-8-15-16(10-12)19(24)21(18(15)23)11-14-6-3-9-25-14/h3,6-10,13H,1-2,4-5,11H2,(H,20,22). The molecular weight excluding hydrogens is 320 g/mol. The van der Waals surface area contributed by atoms with Gasteiger partial charge in [-0.25, -0.2) is 0 Å². The third-order valence-corrected chi connectivity index (χ3v) is 4.82. The SMILES string of the molecule is O=C(NC1CCCC1)c1ccc2c(c1)C(=O)N(Cc1ccco1)C2=O. The quantitative estimate of drug-likeness (QED) is 0.869. The maximum atomic E-state index is 12.6. The van der Waals surface area contributed by atoms with E-state index in [2.05, 4.69) is 5.32 Å². The van der Waals surface area contributed by atoms with Crippen LogP contribution < -0.4 is 5.32 Å². The van der Waals surface area contributed by atoms with Gasteiger partial charge in [0.2, 0.25) is 0 Å². The molecule has 1 aromatic heterocycles. The van der Waals surface area contributed by atoms with E-state index < -0.39 is 5.91 Å². The molecule has 128 valence electrons. The van der Waals surface area contributed by atoms with Gasteiger partial charge in [0.1, 0.15) is 5.76 Å². The second-order valence-electron chi connectivity index (χ2n) is 6.49. The molecule has 1 aromatic carbocycles. The van der Waals surface area contributed by atoms with Crippen molar-refractivity contribution in [2.75, 3.05) is 0 Å². The van der Waals surface area contributed by atoms with Gasteiger partial charge in [-0.05, 0) is 43.2 Å². The Morgan fingerprint density at radius 3 is 2.60 bits per heavy atom. The van der Waals surface area contributed by atoms with E-state index in [4.69, 9.17) is 4.42 Å². The maximum Gasteiger partial charge on any atom is 0.261 e. The molecule has 4 rings (SSSR count). The number of hydrogen-bond acceptors (Lipinski definition) is 4. The summed E-state index contributed by atoms with van der Waals surface area (Å²) in [6.07, 6.45) is 5.74. The Balaban J connectivity index is 1.55. The maximum absolute atomic E-state index is 12.6. The number of hydrogen-bond donors (Lipinski definition) is 1. The van der Waals surface area contributed by atoms with E-state index in [1.807, 2.05) is 0 Å². The minimum absolute atomic E-state index is 0.0863. The van der Waals surface area contributed by atoms with Crippen LogP contribution in [0.3, 0.4) is 0 Å². The number of rotatable bonds is 4. The molecular formula is C19H18N2O4. The molecule has 2 aromatic rings. The lowest BCUT2D eigenvalue weighted by atomic mass is 10.0. The molecule has 0 bridgehead atoms. The number of carbonyl (C=O) groups is 3. The number of benzene rings is 1. The molecule has 1 N–H and O–H groups in total. The van der Waals surface area contributed by atoms with Crippen molar-refractivity contribution in [1.29, 1.82) is 0 Å². The molecule has 25 heavy (non-hydrogen) atoms. The highest BCUT2D eigenvalue weighted by Gasteiger charge is 2.36. The van der Waals surface area contributed by atoms with Crippen LogP contribution in [0.1, 0.15) is 62.5 Å². The van der Waals surface area contributed by atoms with Crippen molar-refractivity contribution in [3.63, 3.8) is 0 Å². The first-order valence-electron chi connectivity index (χ1n) is 8.47. The Morgan fingerprint density at radius 2 is 1.88 bits per heavy atom. The van der Waals surface area contributed by atoms with E-state index >= 15 is 0 Å². The van der Waals surface area contributed by atoms with Crippen LogP contribution >= 0.6 is 0 Å². The van der Waals surface area contributed by atoms with Crippen LogP contribution in [-0.4, -0.2) is 28.7 Å². The molecule has 0 radical (unpaired) electrons. The number of nitrogens with one attached hydrogen (secondary N) is 1. The zero-order chi connectivity index (χ0) is 17.4. The summed E-state index contributed by atoms with van der Waals surface area (Å²) in [6, 6.07) is 8.30. The zero-order valence-electron chi connectivity index (χ0n) is 13.7. The first-order chi connectivity index (χ1) is 12.1. The normalized spacial score (nSPS) is 17.2. The van der Waals surface area contributed by atoms with Gasteiger partial charge >= 0.3 is 0 Å². The first kappa shape index (κ1) is 15.6. The van der Waals surface area contributed by atoms with Crippen LogP contribution in [-0.2, 0) is 6.54 Å². The van der Waals surface area contributed by atoms with Gasteiger partial charge in [-0.15, -0.1) is 0 Å². The minimum atomic E-state index is -0.396. The highest BCUT2D eigenvalue weighted by molar-refractivity contribution is 6.22. The predicted molar refractivity (Wildman–Crippen MR) is 89.1 cm³/mol. The average molecular weight is 338 g/mol. The van der Waals surface area contributed by atoms with E-state index in [0.29, 0.717) is 16.9 Å². The van der Waals surface area contributed by atoms with E-state index in [1.54, 1.807) is 24.3 Å². The molecule has 1 fully saturated rings. The fraction of sp³-hybridized carbons (Fsp3) is 0.316. The average Bonchev–Trinajstić information content (AvgIpc) is 3.35. The molecule has 6 nitrogen and oxygen atoms in total. The molecule has 0 spiro atoms. The molecule has 3 amide bonds. The summed E-state index contributed by atoms with van der Waals surface area (Å²) >= 11 is 0. The van der Waals surface area contributed by atoms with E-state index in [0.717, 1.165) is 30.6 Å². The van der Waals surface area contributed by atoms with Gasteiger partial charge in [-0.2, -0.15) is 0 Å². The molecule has 1 aliphatic heterocycles. The number of fused-ring (bicyclic) bond motifs is 1. The lowest BCUT2D eigenvalue weighted by molar-refractivity contribution is 0.0631. The number of amides is 3. The lowest BCUT2D eigenvalue weighted by Gasteiger charge is -2.12. The highest BCUT2D eigenvalue weighted by atomic mass is 16.3. The van der Waals surface area contributed by atoms with Crippen molar-refractivity contribution in [2.24, 2.45) is 0 Å². The Labute approximate surface area is 144 Å². The van der Waals surface area contributed by atoms with Crippen molar-refractivity contribution in [1.82, 2.24) is 10.2 Å². The fourth-order valence-electron chi connectivity index (χ4n) is 3.47. The Bertz CT molecular complexity index is 835. The van der Waals surface area contributed by atoms with Gasteiger partial charge in [0.15, 0.2) is 0 Å². The van der Waals surface area contributed by atoms with E-state index in [-0.39, 0.29) is 30.0 Å². The molecule has 2 heterocycles. The van der Waals surface area contributed by atoms with Crippen molar-refractivity contribution in [3.8, 4) is 0 Å². The summed E-state index contributed by atoms with van der Waals surface area (Å²) < 4.78 is 5.22. The zero-order valence-corrected chi connectivity index (χ0v) is 13.7. The number of furan rings is 1. The van der Waals surface area contributed by atoms with E-state index in [9.17, 15) is 14.4 Å². The fourth-order valence-corrected chi connectivity index (χ4v) is 3.47. The van der Waals surface area contributed by atoms with Crippen LogP contribution in [0.15, 0.2) is 41.0 Å². The monoisotopic (exact) mass is 338 g/mol. The molecule has 2 aliphatic rings. The smallest absolute Gasteiger partial charge is 0.261 e. The van der Waals surface area contributed by atoms with E-state index in [1.165, 1.54) is 12.3 Å². The predicted octanol–water partition coefficient (Wildman–Crippen LogP) is 2.75. The van der Waals surface area contributed by atoms with Crippen molar-refractivity contribution < 1.29 is 18.8 Å². The molecule has 0 saturated heterocycles. The molecule has 0 atom stereocenters. The van der Waals surface area contributed by atoms with Gasteiger partial charge in [0.25, 0.3) is 17.7 Å². The van der Waals surface area contributed by atoms with Gasteiger partial charge in [-0.1, -0.05) is 12.8 Å². The lowest BCUT2D eigenvalue weighted by Crippen LogP contribution is -2.32. The molecule has 1 aliphatic carbocycles. The number of carbonyl (C=O) groups excluding carboxylic acids is 3. The summed E-state index contributed by atoms with van der Waals surface area (Å²) in [5.41, 5.74) is 1.01. The van der Waals surface area contributed by atoms with Gasteiger partial charge < -0.3 is 9.73 Å². The third-order valence-electron chi connectivity index (χ3n) is 4.82. The Kier molecular flexibility index (Phi) is 3.87. The van der Waals surface area contributed by atoms with Crippen molar-refractivity contribution in [3.05, 3.63) is 59.0 Å². The number of nitrogens with zero attached hydrogens (tertiary/aromatic N) is 1. The second kappa shape index (κ2) is 6.20. The second-order valence-corrected chi connectivity index (χ2v) is 6.49. The summed E-state index contributed by atoms with van der Waals surface area (Å²) in [4.78, 5) is 38.6.